The maximum atomic E-state index is 5.67. The highest BCUT2D eigenvalue weighted by atomic mass is 14.6. The Morgan fingerprint density at radius 2 is 1.63 bits per heavy atom. The quantitative estimate of drug-likeness (QED) is 0.548. The van der Waals surface area contributed by atoms with Crippen LogP contribution in [-0.4, -0.2) is 4.98 Å². The molecule has 0 spiro atoms. The summed E-state index contributed by atoms with van der Waals surface area (Å²) < 4.78 is 0. The molecule has 0 fully saturated rings. The van der Waals surface area contributed by atoms with Crippen LogP contribution in [0.4, 0.5) is 5.69 Å². The molecule has 1 heterocycles. The Morgan fingerprint density at radius 1 is 0.842 bits per heavy atom. The van der Waals surface area contributed by atoms with Crippen molar-refractivity contribution in [1.29, 1.82) is 0 Å². The van der Waals surface area contributed by atoms with Crippen molar-refractivity contribution < 1.29 is 0 Å². The fourth-order valence-corrected chi connectivity index (χ4v) is 2.06. The lowest BCUT2D eigenvalue weighted by atomic mass is 10.1. The number of aromatic nitrogens is 1. The number of nitrogen functional groups attached to an aromatic ring is 1. The summed E-state index contributed by atoms with van der Waals surface area (Å²) >= 11 is 0. The second-order valence-electron chi connectivity index (χ2n) is 4.42. The second-order valence-corrected chi connectivity index (χ2v) is 4.42. The molecule has 0 aliphatic rings. The summed E-state index contributed by atoms with van der Waals surface area (Å²) in [7, 11) is 0. The monoisotopic (exact) mass is 246 g/mol. The van der Waals surface area contributed by atoms with Crippen LogP contribution >= 0.6 is 0 Å². The smallest absolute Gasteiger partial charge is 0.0774 e. The van der Waals surface area contributed by atoms with Crippen molar-refractivity contribution in [3.8, 4) is 0 Å². The minimum atomic E-state index is 0.781. The first-order chi connectivity index (χ1) is 9.33. The van der Waals surface area contributed by atoms with E-state index in [1.165, 1.54) is 0 Å². The Labute approximate surface area is 112 Å². The molecule has 2 nitrogen and oxygen atoms in total. The molecule has 1 aromatic heterocycles. The fourth-order valence-electron chi connectivity index (χ4n) is 2.06. The molecule has 0 aliphatic carbocycles. The highest BCUT2D eigenvalue weighted by molar-refractivity contribution is 5.89. The Balaban J connectivity index is 1.99. The lowest BCUT2D eigenvalue weighted by Crippen LogP contribution is -1.83. The third-order valence-corrected chi connectivity index (χ3v) is 3.06. The van der Waals surface area contributed by atoms with Crippen LogP contribution in [0.5, 0.6) is 0 Å². The van der Waals surface area contributed by atoms with Gasteiger partial charge in [-0.15, -0.1) is 0 Å². The Hall–Kier alpha value is -2.61. The van der Waals surface area contributed by atoms with E-state index in [4.69, 9.17) is 5.73 Å². The van der Waals surface area contributed by atoms with Gasteiger partial charge in [0.25, 0.3) is 0 Å². The molecule has 0 bridgehead atoms. The van der Waals surface area contributed by atoms with Crippen LogP contribution in [0.25, 0.3) is 23.1 Å². The summed E-state index contributed by atoms with van der Waals surface area (Å²) in [6, 6.07) is 18.0. The highest BCUT2D eigenvalue weighted by Crippen LogP contribution is 2.18. The molecule has 3 aromatic rings. The first-order valence-electron chi connectivity index (χ1n) is 6.20. The fraction of sp³-hybridized carbons (Fsp3) is 0. The minimum Gasteiger partial charge on any atom is -0.399 e. The first-order valence-corrected chi connectivity index (χ1v) is 6.20. The number of benzene rings is 2. The van der Waals surface area contributed by atoms with Gasteiger partial charge in [-0.1, -0.05) is 48.6 Å². The summed E-state index contributed by atoms with van der Waals surface area (Å²) in [6.45, 7) is 0. The summed E-state index contributed by atoms with van der Waals surface area (Å²) in [5, 5.41) is 1.15. The molecular formula is C17H14N2. The predicted octanol–water partition coefficient (Wildman–Crippen LogP) is 3.99. The molecule has 2 heteroatoms. The third kappa shape index (κ3) is 2.47. The molecule has 0 saturated heterocycles. The molecule has 3 rings (SSSR count). The van der Waals surface area contributed by atoms with Crippen molar-refractivity contribution in [3.05, 3.63) is 71.9 Å². The Kier molecular flexibility index (Phi) is 2.99. The van der Waals surface area contributed by atoms with Gasteiger partial charge in [-0.25, -0.2) is 0 Å². The van der Waals surface area contributed by atoms with E-state index in [2.05, 4.69) is 35.3 Å². The van der Waals surface area contributed by atoms with E-state index in [-0.39, 0.29) is 0 Å². The number of hydrogen-bond donors (Lipinski definition) is 1. The zero-order chi connectivity index (χ0) is 13.1. The molecule has 92 valence electrons. The Bertz CT molecular complexity index is 722. The lowest BCUT2D eigenvalue weighted by molar-refractivity contribution is 1.41. The van der Waals surface area contributed by atoms with Crippen molar-refractivity contribution in [2.24, 2.45) is 0 Å². The first kappa shape index (κ1) is 11.5. The van der Waals surface area contributed by atoms with Gasteiger partial charge >= 0.3 is 0 Å². The minimum absolute atomic E-state index is 0.781. The van der Waals surface area contributed by atoms with Crippen LogP contribution in [0.1, 0.15) is 11.1 Å². The maximum Gasteiger partial charge on any atom is 0.0774 e. The van der Waals surface area contributed by atoms with Gasteiger partial charge in [-0.05, 0) is 23.8 Å². The molecule has 0 atom stereocenters. The molecule has 19 heavy (non-hydrogen) atoms. The van der Waals surface area contributed by atoms with Crippen LogP contribution in [0, 0.1) is 0 Å². The normalized spacial score (nSPS) is 11.2. The van der Waals surface area contributed by atoms with E-state index in [1.807, 2.05) is 42.6 Å². The van der Waals surface area contributed by atoms with Gasteiger partial charge in [0.15, 0.2) is 0 Å². The molecule has 0 saturated carbocycles. The van der Waals surface area contributed by atoms with Crippen LogP contribution in [0.2, 0.25) is 0 Å². The number of para-hydroxylation sites is 1. The number of hydrogen-bond acceptors (Lipinski definition) is 2. The van der Waals surface area contributed by atoms with Crippen LogP contribution in [-0.2, 0) is 0 Å². The van der Waals surface area contributed by atoms with E-state index >= 15 is 0 Å². The molecule has 0 amide bonds. The van der Waals surface area contributed by atoms with Crippen LogP contribution in [0.15, 0.2) is 60.8 Å². The van der Waals surface area contributed by atoms with Gasteiger partial charge in [0.2, 0.25) is 0 Å². The number of nitrogens with two attached hydrogens (primary N) is 1. The predicted molar refractivity (Wildman–Crippen MR) is 81.5 cm³/mol. The maximum absolute atomic E-state index is 5.67. The van der Waals surface area contributed by atoms with Gasteiger partial charge in [0.1, 0.15) is 0 Å². The summed E-state index contributed by atoms with van der Waals surface area (Å²) in [4.78, 5) is 4.44. The standard InChI is InChI=1S/C17H14N2/c18-16-10-7-13(8-11-16)6-9-15-4-1-3-14-5-2-12-19-17(14)15/h1-12H,18H2/b9-6-. The van der Waals surface area contributed by atoms with Crippen molar-refractivity contribution >= 4 is 28.7 Å². The molecule has 2 aromatic carbocycles. The van der Waals surface area contributed by atoms with E-state index in [0.717, 1.165) is 27.7 Å². The molecule has 0 aliphatic heterocycles. The van der Waals surface area contributed by atoms with Crippen molar-refractivity contribution in [2.75, 3.05) is 5.73 Å². The van der Waals surface area contributed by atoms with Crippen LogP contribution in [0.3, 0.4) is 0 Å². The summed E-state index contributed by atoms with van der Waals surface area (Å²) in [5.41, 5.74) is 9.73. The SMILES string of the molecule is Nc1ccc(/C=C\c2cccc3cccnc23)cc1. The average Bonchev–Trinajstić information content (AvgIpc) is 2.47. The van der Waals surface area contributed by atoms with Gasteiger partial charge in [0, 0.05) is 22.8 Å². The van der Waals surface area contributed by atoms with Gasteiger partial charge in [0.05, 0.1) is 5.52 Å². The second kappa shape index (κ2) is 4.94. The number of rotatable bonds is 2. The lowest BCUT2D eigenvalue weighted by Gasteiger charge is -2.00. The van der Waals surface area contributed by atoms with Crippen molar-refractivity contribution in [3.63, 3.8) is 0 Å². The van der Waals surface area contributed by atoms with Crippen molar-refractivity contribution in [2.45, 2.75) is 0 Å². The van der Waals surface area contributed by atoms with Crippen LogP contribution < -0.4 is 5.73 Å². The number of fused-ring (bicyclic) bond motifs is 1. The number of pyridine rings is 1. The van der Waals surface area contributed by atoms with E-state index in [1.54, 1.807) is 0 Å². The van der Waals surface area contributed by atoms with E-state index < -0.39 is 0 Å². The third-order valence-electron chi connectivity index (χ3n) is 3.06. The highest BCUT2D eigenvalue weighted by Gasteiger charge is 1.97. The Morgan fingerprint density at radius 3 is 2.47 bits per heavy atom. The van der Waals surface area contributed by atoms with E-state index in [9.17, 15) is 0 Å². The van der Waals surface area contributed by atoms with Gasteiger partial charge in [-0.2, -0.15) is 0 Å². The molecule has 0 radical (unpaired) electrons. The summed E-state index contributed by atoms with van der Waals surface area (Å²) in [5.74, 6) is 0. The number of anilines is 1. The van der Waals surface area contributed by atoms with E-state index in [0.29, 0.717) is 0 Å². The molecule has 0 unspecified atom stereocenters. The topological polar surface area (TPSA) is 38.9 Å². The molecular weight excluding hydrogens is 232 g/mol. The van der Waals surface area contributed by atoms with Crippen molar-refractivity contribution in [1.82, 2.24) is 4.98 Å². The largest absolute Gasteiger partial charge is 0.399 e. The summed E-state index contributed by atoms with van der Waals surface area (Å²) in [6.07, 6.45) is 5.98. The zero-order valence-electron chi connectivity index (χ0n) is 10.5. The van der Waals surface area contributed by atoms with Gasteiger partial charge < -0.3 is 5.73 Å². The molecule has 2 N–H and O–H groups in total. The van der Waals surface area contributed by atoms with Gasteiger partial charge in [-0.3, -0.25) is 4.98 Å². The zero-order valence-corrected chi connectivity index (χ0v) is 10.5. The number of nitrogens with zero attached hydrogens (tertiary/aromatic N) is 1. The average molecular weight is 246 g/mol.